The second-order valence-corrected chi connectivity index (χ2v) is 9.26. The standard InChI is InChI=1S/C30H27N5/c1-18-9-10-20-5-3-6-21(13-20)24-7-4-8-27-30(24)19(2)28(35-27)15-29-25(31)11-12-26(34-29)22-14-23(33-18)17-32-16-22/h3-8,11-14,16-17,33,35H,1,9-10,15,31H2,2H3. The third-order valence-electron chi connectivity index (χ3n) is 6.84. The molecule has 0 saturated carbocycles. The second kappa shape index (κ2) is 8.44. The van der Waals surface area contributed by atoms with Gasteiger partial charge in [0.15, 0.2) is 0 Å². The molecule has 0 aliphatic carbocycles. The lowest BCUT2D eigenvalue weighted by atomic mass is 9.96. The molecule has 4 heterocycles. The number of H-pyrrole nitrogens is 1. The Morgan fingerprint density at radius 3 is 2.74 bits per heavy atom. The van der Waals surface area contributed by atoms with Crippen molar-refractivity contribution in [1.29, 1.82) is 0 Å². The number of hydrogen-bond acceptors (Lipinski definition) is 4. The molecular formula is C30H27N5. The van der Waals surface area contributed by atoms with E-state index in [1.54, 1.807) is 0 Å². The van der Waals surface area contributed by atoms with Crippen molar-refractivity contribution in [3.63, 3.8) is 0 Å². The number of anilines is 2. The first-order valence-corrected chi connectivity index (χ1v) is 11.9. The number of nitrogens with two attached hydrogens (primary N) is 1. The number of aromatic amines is 1. The van der Waals surface area contributed by atoms with Crippen LogP contribution in [-0.4, -0.2) is 15.0 Å². The highest BCUT2D eigenvalue weighted by Crippen LogP contribution is 2.35. The molecule has 172 valence electrons. The number of nitrogen functional groups attached to an aromatic ring is 1. The van der Waals surface area contributed by atoms with Gasteiger partial charge in [0, 0.05) is 40.5 Å². The van der Waals surface area contributed by atoms with Crippen LogP contribution in [0.2, 0.25) is 0 Å². The quantitative estimate of drug-likeness (QED) is 0.243. The molecule has 6 rings (SSSR count). The smallest absolute Gasteiger partial charge is 0.0723 e. The van der Waals surface area contributed by atoms with Crippen LogP contribution in [0.4, 0.5) is 11.4 Å². The zero-order chi connectivity index (χ0) is 23.9. The Bertz CT molecular complexity index is 1590. The molecule has 3 aromatic heterocycles. The molecule has 8 bridgehead atoms. The average molecular weight is 458 g/mol. The molecule has 5 aromatic rings. The maximum absolute atomic E-state index is 6.38. The van der Waals surface area contributed by atoms with Gasteiger partial charge in [-0.15, -0.1) is 0 Å². The Morgan fingerprint density at radius 1 is 0.943 bits per heavy atom. The van der Waals surface area contributed by atoms with Crippen LogP contribution in [0.3, 0.4) is 0 Å². The fourth-order valence-corrected chi connectivity index (χ4v) is 4.97. The number of allylic oxidation sites excluding steroid dienone is 1. The predicted octanol–water partition coefficient (Wildman–Crippen LogP) is 6.65. The topological polar surface area (TPSA) is 79.6 Å². The van der Waals surface area contributed by atoms with Gasteiger partial charge >= 0.3 is 0 Å². The molecule has 2 aromatic carbocycles. The van der Waals surface area contributed by atoms with E-state index in [0.29, 0.717) is 12.1 Å². The largest absolute Gasteiger partial charge is 0.397 e. The molecule has 0 radical (unpaired) electrons. The highest BCUT2D eigenvalue weighted by Gasteiger charge is 2.16. The van der Waals surface area contributed by atoms with Crippen LogP contribution in [0.15, 0.2) is 85.3 Å². The summed E-state index contributed by atoms with van der Waals surface area (Å²) in [7, 11) is 0. The number of nitrogens with one attached hydrogen (secondary N) is 2. The van der Waals surface area contributed by atoms with E-state index in [0.717, 1.165) is 52.4 Å². The third-order valence-corrected chi connectivity index (χ3v) is 6.84. The van der Waals surface area contributed by atoms with Crippen LogP contribution in [0.5, 0.6) is 0 Å². The monoisotopic (exact) mass is 457 g/mol. The Kier molecular flexibility index (Phi) is 5.10. The fraction of sp³-hybridized carbons (Fsp3) is 0.133. The maximum atomic E-state index is 6.38. The SMILES string of the molecule is C=C1CCc2cccc(c2)-c2cccc3[nH]c(c(C)c23)Cc2nc(ccc2N)-c2cncc(c2)N1. The Balaban J connectivity index is 1.55. The van der Waals surface area contributed by atoms with Crippen LogP contribution < -0.4 is 11.1 Å². The van der Waals surface area contributed by atoms with Crippen LogP contribution >= 0.6 is 0 Å². The molecule has 1 aliphatic rings. The second-order valence-electron chi connectivity index (χ2n) is 9.26. The van der Waals surface area contributed by atoms with Crippen molar-refractivity contribution < 1.29 is 0 Å². The number of aromatic nitrogens is 3. The van der Waals surface area contributed by atoms with Crippen LogP contribution in [0.25, 0.3) is 33.3 Å². The molecule has 35 heavy (non-hydrogen) atoms. The number of rotatable bonds is 0. The number of benzene rings is 2. The van der Waals surface area contributed by atoms with Gasteiger partial charge in [-0.1, -0.05) is 43.0 Å². The molecule has 0 spiro atoms. The van der Waals surface area contributed by atoms with Gasteiger partial charge in [-0.3, -0.25) is 9.97 Å². The highest BCUT2D eigenvalue weighted by molar-refractivity contribution is 5.98. The maximum Gasteiger partial charge on any atom is 0.0723 e. The number of nitrogens with zero attached hydrogens (tertiary/aromatic N) is 2. The summed E-state index contributed by atoms with van der Waals surface area (Å²) in [5.41, 5.74) is 18.8. The summed E-state index contributed by atoms with van der Waals surface area (Å²) >= 11 is 0. The summed E-state index contributed by atoms with van der Waals surface area (Å²) < 4.78 is 0. The van der Waals surface area contributed by atoms with Crippen molar-refractivity contribution in [1.82, 2.24) is 15.0 Å². The zero-order valence-corrected chi connectivity index (χ0v) is 19.7. The first-order chi connectivity index (χ1) is 17.0. The molecule has 4 N–H and O–H groups in total. The van der Waals surface area contributed by atoms with E-state index in [1.807, 2.05) is 24.5 Å². The molecule has 0 saturated heterocycles. The summed E-state index contributed by atoms with van der Waals surface area (Å²) in [6, 6.07) is 21.2. The average Bonchev–Trinajstić information content (AvgIpc) is 3.19. The lowest BCUT2D eigenvalue weighted by Gasteiger charge is -2.13. The predicted molar refractivity (Wildman–Crippen MR) is 144 cm³/mol. The van der Waals surface area contributed by atoms with E-state index >= 15 is 0 Å². The first-order valence-electron chi connectivity index (χ1n) is 11.9. The summed E-state index contributed by atoms with van der Waals surface area (Å²) in [6.45, 7) is 6.44. The summed E-state index contributed by atoms with van der Waals surface area (Å²) in [6.07, 6.45) is 6.01. The van der Waals surface area contributed by atoms with E-state index < -0.39 is 0 Å². The third kappa shape index (κ3) is 3.95. The van der Waals surface area contributed by atoms with Crippen LogP contribution in [0.1, 0.15) is 28.9 Å². The Hall–Kier alpha value is -4.38. The van der Waals surface area contributed by atoms with E-state index in [1.165, 1.54) is 27.6 Å². The van der Waals surface area contributed by atoms with E-state index in [4.69, 9.17) is 10.7 Å². The van der Waals surface area contributed by atoms with Gasteiger partial charge in [-0.2, -0.15) is 0 Å². The molecule has 0 atom stereocenters. The van der Waals surface area contributed by atoms with Crippen molar-refractivity contribution in [3.05, 3.63) is 108 Å². The van der Waals surface area contributed by atoms with Gasteiger partial charge in [0.2, 0.25) is 0 Å². The number of aryl methyl sites for hydroxylation is 2. The van der Waals surface area contributed by atoms with Crippen molar-refractivity contribution >= 4 is 22.3 Å². The Labute approximate surface area is 204 Å². The van der Waals surface area contributed by atoms with Crippen molar-refractivity contribution in [2.75, 3.05) is 11.1 Å². The fourth-order valence-electron chi connectivity index (χ4n) is 4.97. The van der Waals surface area contributed by atoms with E-state index in [2.05, 4.69) is 77.3 Å². The van der Waals surface area contributed by atoms with Crippen LogP contribution in [0, 0.1) is 6.92 Å². The normalized spacial score (nSPS) is 13.3. The summed E-state index contributed by atoms with van der Waals surface area (Å²) in [5.74, 6) is 0. The number of pyridine rings is 2. The molecule has 5 heteroatoms. The van der Waals surface area contributed by atoms with E-state index in [9.17, 15) is 0 Å². The van der Waals surface area contributed by atoms with Crippen LogP contribution in [-0.2, 0) is 12.8 Å². The Morgan fingerprint density at radius 2 is 1.83 bits per heavy atom. The minimum Gasteiger partial charge on any atom is -0.397 e. The molecule has 0 fully saturated rings. The lowest BCUT2D eigenvalue weighted by Crippen LogP contribution is -2.03. The molecule has 1 aliphatic heterocycles. The van der Waals surface area contributed by atoms with Gasteiger partial charge in [0.25, 0.3) is 0 Å². The van der Waals surface area contributed by atoms with Gasteiger partial charge in [-0.25, -0.2) is 0 Å². The number of fused-ring (bicyclic) bond motifs is 9. The van der Waals surface area contributed by atoms with Gasteiger partial charge < -0.3 is 16.0 Å². The van der Waals surface area contributed by atoms with E-state index in [-0.39, 0.29) is 0 Å². The van der Waals surface area contributed by atoms with Crippen molar-refractivity contribution in [2.24, 2.45) is 0 Å². The summed E-state index contributed by atoms with van der Waals surface area (Å²) in [5, 5.41) is 4.67. The lowest BCUT2D eigenvalue weighted by molar-refractivity contribution is 0.950. The summed E-state index contributed by atoms with van der Waals surface area (Å²) in [4.78, 5) is 13.0. The first kappa shape index (κ1) is 21.2. The molecule has 0 unspecified atom stereocenters. The van der Waals surface area contributed by atoms with Gasteiger partial charge in [-0.05, 0) is 66.3 Å². The minimum atomic E-state index is 0.627. The molecule has 5 nitrogen and oxygen atoms in total. The molecular weight excluding hydrogens is 430 g/mol. The van der Waals surface area contributed by atoms with Crippen molar-refractivity contribution in [2.45, 2.75) is 26.2 Å². The van der Waals surface area contributed by atoms with Gasteiger partial charge in [0.05, 0.1) is 29.0 Å². The zero-order valence-electron chi connectivity index (χ0n) is 19.7. The number of hydrogen-bond donors (Lipinski definition) is 3. The minimum absolute atomic E-state index is 0.627. The van der Waals surface area contributed by atoms with Crippen molar-refractivity contribution in [3.8, 4) is 22.4 Å². The highest BCUT2D eigenvalue weighted by atomic mass is 14.9. The van der Waals surface area contributed by atoms with Gasteiger partial charge in [0.1, 0.15) is 0 Å². The molecule has 0 amide bonds.